The molecule has 1 N–H and O–H groups in total. The van der Waals surface area contributed by atoms with E-state index in [0.29, 0.717) is 12.3 Å². The highest BCUT2D eigenvalue weighted by molar-refractivity contribution is 5.95. The number of carbonyl (C=O) groups is 2. The van der Waals surface area contributed by atoms with E-state index in [1.807, 2.05) is 24.3 Å². The van der Waals surface area contributed by atoms with Crippen molar-refractivity contribution in [3.8, 4) is 0 Å². The molecule has 0 spiro atoms. The Morgan fingerprint density at radius 2 is 1.83 bits per heavy atom. The van der Waals surface area contributed by atoms with E-state index in [-0.39, 0.29) is 12.5 Å². The van der Waals surface area contributed by atoms with Crippen LogP contribution in [0.15, 0.2) is 24.3 Å². The van der Waals surface area contributed by atoms with Crippen LogP contribution in [0.4, 0.5) is 11.4 Å². The number of carbonyl (C=O) groups excluding carboxylic acids is 2. The molecule has 1 aliphatic heterocycles. The smallest absolute Gasteiger partial charge is 0.332 e. The number of amides is 1. The fraction of sp³-hybridized carbons (Fsp3) is 0.556. The first-order chi connectivity index (χ1) is 11.6. The maximum absolute atomic E-state index is 12.1. The van der Waals surface area contributed by atoms with Gasteiger partial charge in [0.05, 0.1) is 0 Å². The van der Waals surface area contributed by atoms with Crippen LogP contribution in [-0.2, 0) is 19.1 Å². The predicted octanol–water partition coefficient (Wildman–Crippen LogP) is 2.58. The van der Waals surface area contributed by atoms with E-state index >= 15 is 0 Å². The fourth-order valence-electron chi connectivity index (χ4n) is 2.62. The first kappa shape index (κ1) is 18.3. The van der Waals surface area contributed by atoms with Crippen LogP contribution in [-0.4, -0.2) is 44.3 Å². The number of benzene rings is 1. The molecule has 1 aromatic rings. The number of hydrogen-bond donors (Lipinski definition) is 1. The number of rotatable bonds is 7. The van der Waals surface area contributed by atoms with Gasteiger partial charge in [-0.05, 0) is 57.4 Å². The van der Waals surface area contributed by atoms with Crippen LogP contribution in [0, 0.1) is 0 Å². The van der Waals surface area contributed by atoms with Crippen LogP contribution < -0.4 is 10.2 Å². The third-order valence-electron chi connectivity index (χ3n) is 3.96. The summed E-state index contributed by atoms with van der Waals surface area (Å²) < 4.78 is 9.98. The fourth-order valence-corrected chi connectivity index (χ4v) is 2.62. The standard InChI is InChI=1S/C18H26N2O4/c1-3-23-13-17(21)24-14(2)18(22)19-15-7-9-16(10-8-15)20-11-5-4-6-12-20/h7-10,14H,3-6,11-13H2,1-2H3,(H,19,22). The van der Waals surface area contributed by atoms with Crippen molar-refractivity contribution in [3.63, 3.8) is 0 Å². The largest absolute Gasteiger partial charge is 0.451 e. The molecule has 2 rings (SSSR count). The molecule has 1 atom stereocenters. The second-order valence-corrected chi connectivity index (χ2v) is 5.85. The van der Waals surface area contributed by atoms with Gasteiger partial charge in [0, 0.05) is 31.1 Å². The second kappa shape index (κ2) is 9.27. The zero-order valence-electron chi connectivity index (χ0n) is 14.4. The molecule has 1 heterocycles. The Morgan fingerprint density at radius 3 is 2.46 bits per heavy atom. The number of piperidine rings is 1. The number of anilines is 2. The Bertz CT molecular complexity index is 538. The first-order valence-electron chi connectivity index (χ1n) is 8.53. The lowest BCUT2D eigenvalue weighted by atomic mass is 10.1. The van der Waals surface area contributed by atoms with Crippen molar-refractivity contribution in [2.75, 3.05) is 36.5 Å². The summed E-state index contributed by atoms with van der Waals surface area (Å²) in [6, 6.07) is 7.76. The average Bonchev–Trinajstić information content (AvgIpc) is 2.61. The van der Waals surface area contributed by atoms with Gasteiger partial charge in [0.25, 0.3) is 5.91 Å². The Morgan fingerprint density at radius 1 is 1.17 bits per heavy atom. The van der Waals surface area contributed by atoms with Crippen molar-refractivity contribution in [3.05, 3.63) is 24.3 Å². The number of ether oxygens (including phenoxy) is 2. The van der Waals surface area contributed by atoms with Crippen molar-refractivity contribution in [2.24, 2.45) is 0 Å². The number of esters is 1. The molecule has 0 aliphatic carbocycles. The van der Waals surface area contributed by atoms with Gasteiger partial charge in [0.1, 0.15) is 6.61 Å². The second-order valence-electron chi connectivity index (χ2n) is 5.85. The Labute approximate surface area is 143 Å². The third-order valence-corrected chi connectivity index (χ3v) is 3.96. The summed E-state index contributed by atoms with van der Waals surface area (Å²) in [7, 11) is 0. The first-order valence-corrected chi connectivity index (χ1v) is 8.53. The Hall–Kier alpha value is -2.08. The van der Waals surface area contributed by atoms with Crippen LogP contribution in [0.5, 0.6) is 0 Å². The zero-order valence-corrected chi connectivity index (χ0v) is 14.4. The highest BCUT2D eigenvalue weighted by atomic mass is 16.6. The topological polar surface area (TPSA) is 67.9 Å². The van der Waals surface area contributed by atoms with E-state index in [9.17, 15) is 9.59 Å². The predicted molar refractivity (Wildman–Crippen MR) is 93.2 cm³/mol. The molecular weight excluding hydrogens is 308 g/mol. The van der Waals surface area contributed by atoms with Crippen molar-refractivity contribution in [2.45, 2.75) is 39.2 Å². The molecular formula is C18H26N2O4. The van der Waals surface area contributed by atoms with Gasteiger partial charge in [-0.3, -0.25) is 4.79 Å². The molecule has 1 amide bonds. The van der Waals surface area contributed by atoms with Gasteiger partial charge >= 0.3 is 5.97 Å². The van der Waals surface area contributed by atoms with Crippen LogP contribution >= 0.6 is 0 Å². The summed E-state index contributed by atoms with van der Waals surface area (Å²) in [5.74, 6) is -0.898. The average molecular weight is 334 g/mol. The molecule has 1 unspecified atom stereocenters. The summed E-state index contributed by atoms with van der Waals surface area (Å²) in [5.41, 5.74) is 1.86. The molecule has 1 fully saturated rings. The van der Waals surface area contributed by atoms with Gasteiger partial charge in [-0.2, -0.15) is 0 Å². The molecule has 132 valence electrons. The van der Waals surface area contributed by atoms with Crippen LogP contribution in [0.25, 0.3) is 0 Å². The van der Waals surface area contributed by atoms with Crippen molar-refractivity contribution in [1.82, 2.24) is 0 Å². The molecule has 0 bridgehead atoms. The molecule has 0 saturated carbocycles. The van der Waals surface area contributed by atoms with E-state index in [1.165, 1.54) is 24.9 Å². The summed E-state index contributed by atoms with van der Waals surface area (Å²) in [6.45, 7) is 5.78. The zero-order chi connectivity index (χ0) is 17.4. The van der Waals surface area contributed by atoms with Crippen molar-refractivity contribution >= 4 is 23.3 Å². The van der Waals surface area contributed by atoms with Gasteiger partial charge in [-0.25, -0.2) is 4.79 Å². The van der Waals surface area contributed by atoms with Gasteiger partial charge in [-0.1, -0.05) is 0 Å². The molecule has 6 heteroatoms. The van der Waals surface area contributed by atoms with Gasteiger partial charge in [-0.15, -0.1) is 0 Å². The van der Waals surface area contributed by atoms with E-state index in [2.05, 4.69) is 10.2 Å². The molecule has 6 nitrogen and oxygen atoms in total. The lowest BCUT2D eigenvalue weighted by Crippen LogP contribution is -2.31. The molecule has 24 heavy (non-hydrogen) atoms. The minimum Gasteiger partial charge on any atom is -0.451 e. The maximum Gasteiger partial charge on any atom is 0.332 e. The van der Waals surface area contributed by atoms with Crippen molar-refractivity contribution < 1.29 is 19.1 Å². The van der Waals surface area contributed by atoms with E-state index in [4.69, 9.17) is 9.47 Å². The van der Waals surface area contributed by atoms with Crippen LogP contribution in [0.3, 0.4) is 0 Å². The van der Waals surface area contributed by atoms with Crippen LogP contribution in [0.1, 0.15) is 33.1 Å². The third kappa shape index (κ3) is 5.53. The lowest BCUT2D eigenvalue weighted by molar-refractivity contribution is -0.157. The summed E-state index contributed by atoms with van der Waals surface area (Å²) in [5, 5.41) is 2.76. The summed E-state index contributed by atoms with van der Waals surface area (Å²) in [6.07, 6.45) is 2.89. The highest BCUT2D eigenvalue weighted by Gasteiger charge is 2.18. The number of hydrogen-bond acceptors (Lipinski definition) is 5. The molecule has 1 saturated heterocycles. The quantitative estimate of drug-likeness (QED) is 0.776. The van der Waals surface area contributed by atoms with E-state index in [1.54, 1.807) is 13.8 Å². The van der Waals surface area contributed by atoms with Crippen LogP contribution in [0.2, 0.25) is 0 Å². The van der Waals surface area contributed by atoms with Gasteiger partial charge in [0.15, 0.2) is 6.10 Å². The highest BCUT2D eigenvalue weighted by Crippen LogP contribution is 2.21. The lowest BCUT2D eigenvalue weighted by Gasteiger charge is -2.28. The molecule has 0 aromatic heterocycles. The van der Waals surface area contributed by atoms with Crippen molar-refractivity contribution in [1.29, 1.82) is 0 Å². The molecule has 1 aliphatic rings. The summed E-state index contributed by atoms with van der Waals surface area (Å²) >= 11 is 0. The van der Waals surface area contributed by atoms with E-state index < -0.39 is 12.1 Å². The minimum absolute atomic E-state index is 0.140. The van der Waals surface area contributed by atoms with Gasteiger partial charge in [0.2, 0.25) is 0 Å². The minimum atomic E-state index is -0.861. The Kier molecular flexibility index (Phi) is 7.06. The van der Waals surface area contributed by atoms with E-state index in [0.717, 1.165) is 13.1 Å². The molecule has 0 radical (unpaired) electrons. The molecule has 1 aromatic carbocycles. The normalized spacial score (nSPS) is 15.7. The monoisotopic (exact) mass is 334 g/mol. The maximum atomic E-state index is 12.1. The number of nitrogens with one attached hydrogen (secondary N) is 1. The number of nitrogens with zero attached hydrogens (tertiary/aromatic N) is 1. The summed E-state index contributed by atoms with van der Waals surface area (Å²) in [4.78, 5) is 25.9. The SMILES string of the molecule is CCOCC(=O)OC(C)C(=O)Nc1ccc(N2CCCCC2)cc1. The van der Waals surface area contributed by atoms with Gasteiger partial charge < -0.3 is 19.7 Å². The Balaban J connectivity index is 1.83.